The van der Waals surface area contributed by atoms with Crippen molar-refractivity contribution >= 4 is 49.3 Å². The molecule has 7 rings (SSSR count). The first-order valence-electron chi connectivity index (χ1n) is 21.8. The van der Waals surface area contributed by atoms with Gasteiger partial charge in [0, 0.05) is 32.8 Å². The third-order valence-corrected chi connectivity index (χ3v) is 19.0. The predicted molar refractivity (Wildman–Crippen MR) is 248 cm³/mol. The van der Waals surface area contributed by atoms with Crippen LogP contribution in [0.15, 0.2) is 54.6 Å². The Hall–Kier alpha value is -1.77. The first-order chi connectivity index (χ1) is 27.4. The minimum absolute atomic E-state index is 0.0465. The summed E-state index contributed by atoms with van der Waals surface area (Å²) in [6, 6.07) is 18.8. The van der Waals surface area contributed by atoms with Gasteiger partial charge in [0.25, 0.3) is 0 Å². The van der Waals surface area contributed by atoms with Crippen LogP contribution in [0.3, 0.4) is 0 Å². The molecule has 0 radical (unpaired) electrons. The standard InChI is InChI=1S/C24H31N2O2.C18H33P.C7H6.2ClH.Ru/c1-15-8-17(3)23(18(4)9-15)25-12-22(13-28-21(7)27)26(14-25)24-19(5)10-16(2)11-20(24)6;1-4-10-16(11-5-1)19(17-12-6-2-7-13-17)18-14-8-3-9-15-18;1-7-5-3-2-4-6-7;;;/h8-11,14,22H,12-13H2,1-7H3;16-18H,1-15H2;1-6H;2*1H;/q-1;;;;;+2/p-1. The number of esters is 1. The summed E-state index contributed by atoms with van der Waals surface area (Å²) in [6.07, 6.45) is 23.8. The normalized spacial score (nSPS) is 19.7. The Morgan fingerprint density at radius 3 is 1.53 bits per heavy atom. The number of hydrogen-bond acceptors (Lipinski definition) is 4. The van der Waals surface area contributed by atoms with Crippen LogP contribution in [0.2, 0.25) is 0 Å². The molecule has 1 heterocycles. The number of carbonyl (C=O) groups excluding carboxylic acids is 1. The van der Waals surface area contributed by atoms with E-state index in [9.17, 15) is 4.79 Å². The van der Waals surface area contributed by atoms with Gasteiger partial charge in [-0.25, -0.2) is 0 Å². The van der Waals surface area contributed by atoms with Crippen molar-refractivity contribution in [3.05, 3.63) is 100 Å². The molecule has 0 spiro atoms. The van der Waals surface area contributed by atoms with Crippen LogP contribution in [0.5, 0.6) is 0 Å². The predicted octanol–water partition coefficient (Wildman–Crippen LogP) is 13.9. The molecule has 3 aromatic carbocycles. The van der Waals surface area contributed by atoms with Gasteiger partial charge in [-0.2, -0.15) is 6.67 Å². The molecule has 1 aliphatic heterocycles. The average molecular weight is 923 g/mol. The van der Waals surface area contributed by atoms with Gasteiger partial charge in [0.1, 0.15) is 6.61 Å². The van der Waals surface area contributed by atoms with Crippen molar-refractivity contribution in [2.24, 2.45) is 0 Å². The second-order valence-corrected chi connectivity index (χ2v) is 26.5. The van der Waals surface area contributed by atoms with E-state index in [1.54, 1.807) is 96.3 Å². The molecule has 0 amide bonds. The molecule has 4 nitrogen and oxygen atoms in total. The quantitative estimate of drug-likeness (QED) is 0.0975. The molecular weight excluding hydrogens is 852 g/mol. The molecule has 4 fully saturated rings. The van der Waals surface area contributed by atoms with Crippen molar-refractivity contribution in [3.63, 3.8) is 0 Å². The first-order valence-corrected chi connectivity index (χ1v) is 29.1. The average Bonchev–Trinajstić information content (AvgIpc) is 3.58. The van der Waals surface area contributed by atoms with Gasteiger partial charge in [-0.1, -0.05) is 54.7 Å². The number of aryl methyl sites for hydroxylation is 6. The second-order valence-electron chi connectivity index (χ2n) is 17.3. The Morgan fingerprint density at radius 1 is 0.702 bits per heavy atom. The number of nitrogens with zero attached hydrogens (tertiary/aromatic N) is 2. The SMILES string of the molecule is C1CCC([PH+](C2CCCCC2)C2CCCCC2)CC1.CC(=O)OCC1CN(c2c(C)cc(C)cc2C)[CH-]N1c1c(C)cc(C)cc1C.[Cl][Ru]([Cl])=[CH]c1ccccc1. The first kappa shape index (κ1) is 46.3. The summed E-state index contributed by atoms with van der Waals surface area (Å²) in [7, 11) is 11.3. The molecule has 3 saturated carbocycles. The van der Waals surface area contributed by atoms with Crippen LogP contribution < -0.4 is 9.80 Å². The summed E-state index contributed by atoms with van der Waals surface area (Å²) >= 11 is -1.61. The number of carbonyl (C=O) groups is 1. The fraction of sp³-hybridized carbons (Fsp3) is 0.571. The summed E-state index contributed by atoms with van der Waals surface area (Å²) in [4.78, 5) is 16.0. The number of rotatable bonds is 8. The van der Waals surface area contributed by atoms with Crippen LogP contribution >= 0.6 is 27.3 Å². The maximum absolute atomic E-state index is 11.5. The Morgan fingerprint density at radius 2 is 1.12 bits per heavy atom. The Bertz CT molecular complexity index is 1660. The molecule has 1 saturated heterocycles. The monoisotopic (exact) mass is 922 g/mol. The van der Waals surface area contributed by atoms with Gasteiger partial charge in [-0.05, 0) is 141 Å². The molecule has 1 unspecified atom stereocenters. The molecule has 0 N–H and O–H groups in total. The van der Waals surface area contributed by atoms with E-state index in [1.165, 1.54) is 68.7 Å². The molecule has 3 aromatic rings. The molecule has 57 heavy (non-hydrogen) atoms. The van der Waals surface area contributed by atoms with Crippen LogP contribution in [0, 0.1) is 48.2 Å². The van der Waals surface area contributed by atoms with Gasteiger partial charge in [0.05, 0.1) is 23.0 Å². The van der Waals surface area contributed by atoms with Gasteiger partial charge in [0.2, 0.25) is 0 Å². The van der Waals surface area contributed by atoms with Crippen molar-refractivity contribution in [3.8, 4) is 0 Å². The molecule has 8 heteroatoms. The molecule has 0 bridgehead atoms. The summed E-state index contributed by atoms with van der Waals surface area (Å²) in [5.41, 5.74) is 14.8. The maximum atomic E-state index is 11.5. The Kier molecular flexibility index (Phi) is 18.9. The summed E-state index contributed by atoms with van der Waals surface area (Å²) in [5.74, 6) is -0.238. The van der Waals surface area contributed by atoms with Crippen LogP contribution in [-0.4, -0.2) is 46.7 Å². The van der Waals surface area contributed by atoms with Gasteiger partial charge in [0.15, 0.2) is 0 Å². The van der Waals surface area contributed by atoms with E-state index in [1.807, 2.05) is 34.9 Å². The van der Waals surface area contributed by atoms with Gasteiger partial charge < -0.3 is 14.5 Å². The van der Waals surface area contributed by atoms with Crippen molar-refractivity contribution in [2.75, 3.05) is 23.0 Å². The summed E-state index contributed by atoms with van der Waals surface area (Å²) in [6.45, 7) is 17.7. The number of benzene rings is 3. The van der Waals surface area contributed by atoms with E-state index in [0.29, 0.717) is 6.61 Å². The van der Waals surface area contributed by atoms with Gasteiger partial charge in [-0.15, -0.1) is 0 Å². The van der Waals surface area contributed by atoms with Crippen molar-refractivity contribution in [2.45, 2.75) is 168 Å². The molecule has 0 aromatic heterocycles. The van der Waals surface area contributed by atoms with Crippen LogP contribution in [0.1, 0.15) is 142 Å². The van der Waals surface area contributed by atoms with E-state index in [0.717, 1.165) is 12.1 Å². The number of anilines is 2. The van der Waals surface area contributed by atoms with E-state index in [2.05, 4.69) is 82.3 Å². The van der Waals surface area contributed by atoms with E-state index in [-0.39, 0.29) is 19.9 Å². The zero-order valence-corrected chi connectivity index (χ0v) is 40.3. The third-order valence-electron chi connectivity index (χ3n) is 12.6. The van der Waals surface area contributed by atoms with Crippen molar-refractivity contribution in [1.82, 2.24) is 0 Å². The molecule has 316 valence electrons. The zero-order chi connectivity index (χ0) is 40.9. The zero-order valence-electron chi connectivity index (χ0n) is 36.0. The van der Waals surface area contributed by atoms with E-state index >= 15 is 0 Å². The van der Waals surface area contributed by atoms with Crippen LogP contribution in [0.25, 0.3) is 0 Å². The Labute approximate surface area is 361 Å². The second kappa shape index (κ2) is 23.3. The molecular formula is C49H71Cl2N2O2PRu. The fourth-order valence-electron chi connectivity index (χ4n) is 10.5. The number of ether oxygens (including phenoxy) is 1. The fourth-order valence-corrected chi connectivity index (χ4v) is 17.5. The van der Waals surface area contributed by atoms with E-state index < -0.39 is 13.5 Å². The molecule has 4 aliphatic rings. The van der Waals surface area contributed by atoms with Gasteiger partial charge in [-0.3, -0.25) is 4.79 Å². The number of halogens is 2. The molecule has 1 atom stereocenters. The minimum atomic E-state index is -1.61. The third kappa shape index (κ3) is 13.9. The summed E-state index contributed by atoms with van der Waals surface area (Å²) < 4.78 is 7.34. The van der Waals surface area contributed by atoms with Gasteiger partial charge >= 0.3 is 79.4 Å². The van der Waals surface area contributed by atoms with Crippen LogP contribution in [-0.2, 0) is 23.0 Å². The van der Waals surface area contributed by atoms with Crippen molar-refractivity contribution < 1.29 is 23.0 Å². The van der Waals surface area contributed by atoms with E-state index in [4.69, 9.17) is 24.1 Å². The molecule has 3 aliphatic carbocycles. The van der Waals surface area contributed by atoms with Crippen molar-refractivity contribution in [1.29, 1.82) is 0 Å². The summed E-state index contributed by atoms with van der Waals surface area (Å²) in [5, 5.41) is 0. The number of hydrogen-bond donors (Lipinski definition) is 0. The van der Waals surface area contributed by atoms with Crippen LogP contribution in [0.4, 0.5) is 11.4 Å². The topological polar surface area (TPSA) is 32.8 Å². The Balaban J connectivity index is 0.000000183.